The first-order valence-electron chi connectivity index (χ1n) is 12.2. The number of methoxy groups -OCH3 is 1. The minimum absolute atomic E-state index is 0.107. The number of amides is 1. The highest BCUT2D eigenvalue weighted by molar-refractivity contribution is 5.93. The van der Waals surface area contributed by atoms with Gasteiger partial charge in [0.15, 0.2) is 5.82 Å². The minimum Gasteiger partial charge on any atom is -0.496 e. The van der Waals surface area contributed by atoms with Crippen LogP contribution in [0.3, 0.4) is 0 Å². The van der Waals surface area contributed by atoms with Gasteiger partial charge in [0.2, 0.25) is 5.91 Å². The Bertz CT molecular complexity index is 1520. The number of nitrogens with zero attached hydrogens (tertiary/aromatic N) is 3. The van der Waals surface area contributed by atoms with Gasteiger partial charge in [-0.2, -0.15) is 0 Å². The van der Waals surface area contributed by atoms with E-state index in [9.17, 15) is 4.79 Å². The summed E-state index contributed by atoms with van der Waals surface area (Å²) >= 11 is 0. The van der Waals surface area contributed by atoms with E-state index in [1.54, 1.807) is 7.11 Å². The molecule has 0 saturated carbocycles. The standard InChI is InChI=1S/C28H29N5O3/c1-28(2)21-10-8-18(11-17(21)14-36-28)32-24(34)12-16-7-9-19(13-23(16)35-3)33-22-6-4-5-20(22)25-26(33)27(29)31-15-30-25/h7-11,13,15H,4-6,12,14H2,1-3H3,(H,32,34)(H2,29,30,31). The van der Waals surface area contributed by atoms with E-state index in [2.05, 4.69) is 33.7 Å². The van der Waals surface area contributed by atoms with Gasteiger partial charge in [0.05, 0.1) is 31.3 Å². The number of nitrogens with one attached hydrogen (secondary N) is 1. The quantitative estimate of drug-likeness (QED) is 0.435. The summed E-state index contributed by atoms with van der Waals surface area (Å²) < 4.78 is 13.7. The number of benzene rings is 2. The number of carbonyl (C=O) groups excluding carboxylic acids is 1. The van der Waals surface area contributed by atoms with Crippen molar-refractivity contribution in [1.82, 2.24) is 14.5 Å². The van der Waals surface area contributed by atoms with E-state index in [1.807, 2.05) is 36.4 Å². The molecule has 0 unspecified atom stereocenters. The Balaban J connectivity index is 1.28. The van der Waals surface area contributed by atoms with Crippen molar-refractivity contribution in [1.29, 1.82) is 0 Å². The second kappa shape index (κ2) is 8.34. The molecule has 1 aliphatic heterocycles. The highest BCUT2D eigenvalue weighted by Gasteiger charge is 2.31. The zero-order valence-electron chi connectivity index (χ0n) is 20.7. The molecule has 2 aromatic heterocycles. The van der Waals surface area contributed by atoms with Crippen LogP contribution >= 0.6 is 0 Å². The van der Waals surface area contributed by atoms with Crippen LogP contribution in [-0.2, 0) is 41.0 Å². The molecule has 184 valence electrons. The Morgan fingerprint density at radius 2 is 2.06 bits per heavy atom. The fourth-order valence-electron chi connectivity index (χ4n) is 5.59. The van der Waals surface area contributed by atoms with Gasteiger partial charge in [0.1, 0.15) is 17.6 Å². The van der Waals surface area contributed by atoms with Gasteiger partial charge in [0.25, 0.3) is 0 Å². The second-order valence-electron chi connectivity index (χ2n) is 9.96. The lowest BCUT2D eigenvalue weighted by atomic mass is 9.96. The molecule has 8 nitrogen and oxygen atoms in total. The molecule has 8 heteroatoms. The largest absolute Gasteiger partial charge is 0.496 e. The van der Waals surface area contributed by atoms with Gasteiger partial charge in [-0.1, -0.05) is 12.1 Å². The van der Waals surface area contributed by atoms with Crippen molar-refractivity contribution >= 4 is 28.4 Å². The lowest BCUT2D eigenvalue weighted by molar-refractivity contribution is -0.115. The third-order valence-electron chi connectivity index (χ3n) is 7.32. The van der Waals surface area contributed by atoms with Crippen LogP contribution in [0.25, 0.3) is 16.7 Å². The molecule has 3 heterocycles. The number of aromatic nitrogens is 3. The van der Waals surface area contributed by atoms with Crippen molar-refractivity contribution in [2.45, 2.75) is 51.7 Å². The molecule has 0 spiro atoms. The number of anilines is 2. The maximum Gasteiger partial charge on any atom is 0.228 e. The number of aryl methyl sites for hydroxylation is 1. The molecule has 4 aromatic rings. The maximum absolute atomic E-state index is 12.9. The van der Waals surface area contributed by atoms with Gasteiger partial charge < -0.3 is 25.1 Å². The lowest BCUT2D eigenvalue weighted by Gasteiger charge is -2.18. The van der Waals surface area contributed by atoms with Crippen LogP contribution in [0.2, 0.25) is 0 Å². The number of nitrogen functional groups attached to an aromatic ring is 1. The minimum atomic E-state index is -0.297. The lowest BCUT2D eigenvalue weighted by Crippen LogP contribution is -2.16. The predicted octanol–water partition coefficient (Wildman–Crippen LogP) is 4.45. The highest BCUT2D eigenvalue weighted by Crippen LogP contribution is 2.38. The van der Waals surface area contributed by atoms with Gasteiger partial charge >= 0.3 is 0 Å². The molecule has 0 radical (unpaired) electrons. The van der Waals surface area contributed by atoms with Gasteiger partial charge in [-0.3, -0.25) is 4.79 Å². The van der Waals surface area contributed by atoms with E-state index in [0.29, 0.717) is 18.2 Å². The van der Waals surface area contributed by atoms with Gasteiger partial charge in [-0.15, -0.1) is 0 Å². The molecule has 1 amide bonds. The number of hydrogen-bond acceptors (Lipinski definition) is 6. The smallest absolute Gasteiger partial charge is 0.228 e. The fourth-order valence-corrected chi connectivity index (χ4v) is 5.59. The Morgan fingerprint density at radius 3 is 2.89 bits per heavy atom. The summed E-state index contributed by atoms with van der Waals surface area (Å²) in [6, 6.07) is 11.9. The van der Waals surface area contributed by atoms with Crippen LogP contribution < -0.4 is 15.8 Å². The third-order valence-corrected chi connectivity index (χ3v) is 7.32. The molecule has 3 N–H and O–H groups in total. The van der Waals surface area contributed by atoms with E-state index < -0.39 is 0 Å². The number of nitrogens with two attached hydrogens (primary N) is 1. The summed E-state index contributed by atoms with van der Waals surface area (Å²) in [4.78, 5) is 21.7. The van der Waals surface area contributed by atoms with Crippen molar-refractivity contribution in [3.05, 3.63) is 70.7 Å². The van der Waals surface area contributed by atoms with Crippen LogP contribution in [0.5, 0.6) is 5.75 Å². The Hall–Kier alpha value is -3.91. The molecule has 0 atom stereocenters. The monoisotopic (exact) mass is 483 g/mol. The first kappa shape index (κ1) is 22.5. The molecule has 36 heavy (non-hydrogen) atoms. The van der Waals surface area contributed by atoms with Crippen molar-refractivity contribution in [2.75, 3.05) is 18.2 Å². The third kappa shape index (κ3) is 3.60. The van der Waals surface area contributed by atoms with E-state index in [4.69, 9.17) is 15.2 Å². The van der Waals surface area contributed by atoms with Crippen molar-refractivity contribution in [3.8, 4) is 11.4 Å². The number of rotatable bonds is 5. The number of carbonyl (C=O) groups is 1. The van der Waals surface area contributed by atoms with Gasteiger partial charge in [0, 0.05) is 28.7 Å². The first-order chi connectivity index (χ1) is 17.4. The molecule has 2 aliphatic rings. The van der Waals surface area contributed by atoms with Crippen LogP contribution in [0.1, 0.15) is 48.2 Å². The van der Waals surface area contributed by atoms with E-state index in [1.165, 1.54) is 17.6 Å². The molecule has 0 saturated heterocycles. The summed E-state index contributed by atoms with van der Waals surface area (Å²) in [7, 11) is 1.62. The zero-order chi connectivity index (χ0) is 25.0. The predicted molar refractivity (Wildman–Crippen MR) is 138 cm³/mol. The second-order valence-corrected chi connectivity index (χ2v) is 9.96. The molecule has 2 aromatic carbocycles. The maximum atomic E-state index is 12.9. The Kier molecular flexibility index (Phi) is 5.22. The fraction of sp³-hybridized carbons (Fsp3) is 0.321. The molecular formula is C28H29N5O3. The van der Waals surface area contributed by atoms with Crippen LogP contribution in [0, 0.1) is 0 Å². The Labute approximate surface area is 209 Å². The van der Waals surface area contributed by atoms with Crippen molar-refractivity contribution < 1.29 is 14.3 Å². The van der Waals surface area contributed by atoms with E-state index in [-0.39, 0.29) is 17.9 Å². The van der Waals surface area contributed by atoms with Crippen LogP contribution in [0.4, 0.5) is 11.5 Å². The topological polar surface area (TPSA) is 104 Å². The summed E-state index contributed by atoms with van der Waals surface area (Å²) in [6.45, 7) is 4.66. The van der Waals surface area contributed by atoms with Gasteiger partial charge in [-0.05, 0) is 68.0 Å². The molecule has 1 aliphatic carbocycles. The SMILES string of the molecule is COc1cc(-n2c3c(c4ncnc(N)c42)CCC3)ccc1CC(=O)Nc1ccc2c(c1)COC2(C)C. The van der Waals surface area contributed by atoms with E-state index in [0.717, 1.165) is 58.4 Å². The van der Waals surface area contributed by atoms with E-state index >= 15 is 0 Å². The summed E-state index contributed by atoms with van der Waals surface area (Å²) in [6.07, 6.45) is 4.75. The summed E-state index contributed by atoms with van der Waals surface area (Å²) in [5, 5.41) is 3.02. The average molecular weight is 484 g/mol. The first-order valence-corrected chi connectivity index (χ1v) is 12.2. The number of fused-ring (bicyclic) bond motifs is 4. The van der Waals surface area contributed by atoms with Crippen molar-refractivity contribution in [3.63, 3.8) is 0 Å². The number of hydrogen-bond donors (Lipinski definition) is 2. The molecule has 0 fully saturated rings. The molecule has 6 rings (SSSR count). The zero-order valence-corrected chi connectivity index (χ0v) is 20.7. The molecule has 0 bridgehead atoms. The summed E-state index contributed by atoms with van der Waals surface area (Å²) in [5.74, 6) is 1.000. The molecular weight excluding hydrogens is 454 g/mol. The number of ether oxygens (including phenoxy) is 2. The Morgan fingerprint density at radius 1 is 1.19 bits per heavy atom. The van der Waals surface area contributed by atoms with Gasteiger partial charge in [-0.25, -0.2) is 9.97 Å². The van der Waals surface area contributed by atoms with Crippen LogP contribution in [0.15, 0.2) is 42.7 Å². The van der Waals surface area contributed by atoms with Crippen molar-refractivity contribution in [2.24, 2.45) is 0 Å². The normalized spacial score (nSPS) is 15.6. The average Bonchev–Trinajstić information content (AvgIpc) is 3.53. The highest BCUT2D eigenvalue weighted by atomic mass is 16.5. The van der Waals surface area contributed by atoms with Crippen LogP contribution in [-0.4, -0.2) is 27.6 Å². The summed E-state index contributed by atoms with van der Waals surface area (Å²) in [5.41, 5.74) is 14.9.